The number of amides is 4. The van der Waals surface area contributed by atoms with Gasteiger partial charge in [-0.25, -0.2) is 4.79 Å². The molecule has 40 heavy (non-hydrogen) atoms. The Labute approximate surface area is 234 Å². The van der Waals surface area contributed by atoms with Crippen LogP contribution >= 0.6 is 0 Å². The molecule has 4 fully saturated rings. The molecule has 2 aromatic rings. The molecule has 2 aromatic carbocycles. The molecule has 8 nitrogen and oxygen atoms in total. The lowest BCUT2D eigenvalue weighted by molar-refractivity contribution is -0.137. The van der Waals surface area contributed by atoms with Gasteiger partial charge in [-0.2, -0.15) is 0 Å². The van der Waals surface area contributed by atoms with Gasteiger partial charge in [0.25, 0.3) is 5.91 Å². The minimum atomic E-state index is -1.39. The average Bonchev–Trinajstić information content (AvgIpc) is 3.84. The highest BCUT2D eigenvalue weighted by Gasteiger charge is 2.57. The van der Waals surface area contributed by atoms with E-state index in [1.165, 1.54) is 0 Å². The van der Waals surface area contributed by atoms with E-state index in [4.69, 9.17) is 4.74 Å². The van der Waals surface area contributed by atoms with Crippen LogP contribution in [0, 0.1) is 11.8 Å². The van der Waals surface area contributed by atoms with Crippen molar-refractivity contribution >= 4 is 23.8 Å². The van der Waals surface area contributed by atoms with Crippen LogP contribution in [0.4, 0.5) is 4.79 Å². The number of carbonyl (C=O) groups excluding carboxylic acids is 4. The molecule has 5 aliphatic rings. The van der Waals surface area contributed by atoms with Gasteiger partial charge < -0.3 is 14.5 Å². The van der Waals surface area contributed by atoms with Crippen LogP contribution < -0.4 is 5.32 Å². The number of likely N-dealkylation sites (tertiary alicyclic amines) is 1. The molecule has 1 spiro atoms. The monoisotopic (exact) mass is 541 g/mol. The van der Waals surface area contributed by atoms with Crippen LogP contribution in [-0.2, 0) is 31.3 Å². The third-order valence-corrected chi connectivity index (χ3v) is 9.66. The molecule has 2 aliphatic heterocycles. The van der Waals surface area contributed by atoms with E-state index in [1.807, 2.05) is 52.3 Å². The largest absolute Gasteiger partial charge is 0.427 e. The van der Waals surface area contributed by atoms with E-state index in [1.54, 1.807) is 0 Å². The van der Waals surface area contributed by atoms with Gasteiger partial charge in [-0.15, -0.1) is 0 Å². The van der Waals surface area contributed by atoms with E-state index < -0.39 is 17.6 Å². The van der Waals surface area contributed by atoms with Crippen LogP contribution in [-0.4, -0.2) is 52.7 Å². The second kappa shape index (κ2) is 9.46. The fourth-order valence-corrected chi connectivity index (χ4v) is 6.88. The number of hydrogen-bond donors (Lipinski definition) is 1. The Bertz CT molecular complexity index is 1380. The SMILES string of the molecule is C[C@@H](C1CC1)N(Cc1ccccc1)C(=O)CC1C[C@@]2(OC(=O)NC2=O)c2ccc(C3CN(C(=O)C4CC4)C3)cc21. The Kier molecular flexibility index (Phi) is 5.98. The third-order valence-electron chi connectivity index (χ3n) is 9.66. The van der Waals surface area contributed by atoms with Crippen LogP contribution in [0.3, 0.4) is 0 Å². The summed E-state index contributed by atoms with van der Waals surface area (Å²) in [7, 11) is 0. The molecule has 0 aromatic heterocycles. The Balaban J connectivity index is 1.16. The van der Waals surface area contributed by atoms with Gasteiger partial charge >= 0.3 is 6.09 Å². The first-order chi connectivity index (χ1) is 19.3. The molecule has 7 rings (SSSR count). The molecule has 0 bridgehead atoms. The van der Waals surface area contributed by atoms with Crippen molar-refractivity contribution in [2.45, 2.75) is 75.5 Å². The lowest BCUT2D eigenvalue weighted by atomic mass is 9.86. The first-order valence-corrected chi connectivity index (χ1v) is 14.6. The summed E-state index contributed by atoms with van der Waals surface area (Å²) in [6, 6.07) is 16.2. The van der Waals surface area contributed by atoms with E-state index in [9.17, 15) is 19.2 Å². The molecule has 4 amide bonds. The number of nitrogens with one attached hydrogen (secondary N) is 1. The Morgan fingerprint density at radius 3 is 2.48 bits per heavy atom. The van der Waals surface area contributed by atoms with E-state index >= 15 is 0 Å². The first-order valence-electron chi connectivity index (χ1n) is 14.6. The lowest BCUT2D eigenvalue weighted by Crippen LogP contribution is -2.49. The van der Waals surface area contributed by atoms with Crippen LogP contribution in [0.1, 0.15) is 79.5 Å². The number of benzene rings is 2. The average molecular weight is 542 g/mol. The summed E-state index contributed by atoms with van der Waals surface area (Å²) < 4.78 is 5.66. The summed E-state index contributed by atoms with van der Waals surface area (Å²) >= 11 is 0. The number of carbonyl (C=O) groups is 4. The van der Waals surface area contributed by atoms with E-state index in [-0.39, 0.29) is 48.5 Å². The zero-order chi connectivity index (χ0) is 27.6. The van der Waals surface area contributed by atoms with E-state index in [2.05, 4.69) is 18.3 Å². The van der Waals surface area contributed by atoms with E-state index in [0.717, 1.165) is 42.4 Å². The van der Waals surface area contributed by atoms with Crippen LogP contribution in [0.25, 0.3) is 0 Å². The molecular weight excluding hydrogens is 506 g/mol. The first kappa shape index (κ1) is 25.3. The third kappa shape index (κ3) is 4.38. The molecule has 0 radical (unpaired) electrons. The Morgan fingerprint density at radius 2 is 1.82 bits per heavy atom. The molecule has 1 unspecified atom stereocenters. The van der Waals surface area contributed by atoms with Crippen molar-refractivity contribution in [2.75, 3.05) is 13.1 Å². The smallest absolute Gasteiger partial charge is 0.415 e. The van der Waals surface area contributed by atoms with Crippen molar-refractivity contribution in [3.05, 3.63) is 70.8 Å². The highest BCUT2D eigenvalue weighted by molar-refractivity contribution is 6.04. The van der Waals surface area contributed by atoms with Crippen molar-refractivity contribution in [3.8, 4) is 0 Å². The molecule has 8 heteroatoms. The van der Waals surface area contributed by atoms with Gasteiger partial charge in [0.1, 0.15) is 0 Å². The fraction of sp³-hybridized carbons (Fsp3) is 0.500. The summed E-state index contributed by atoms with van der Waals surface area (Å²) in [6.07, 6.45) is 4.02. The van der Waals surface area contributed by atoms with Gasteiger partial charge in [-0.3, -0.25) is 19.7 Å². The molecule has 2 heterocycles. The number of nitrogens with zero attached hydrogens (tertiary/aromatic N) is 2. The highest BCUT2D eigenvalue weighted by atomic mass is 16.6. The molecule has 1 N–H and O–H groups in total. The zero-order valence-electron chi connectivity index (χ0n) is 22.8. The summed E-state index contributed by atoms with van der Waals surface area (Å²) in [5.74, 6) is 0.553. The number of fused-ring (bicyclic) bond motifs is 2. The molecule has 3 atom stereocenters. The second-order valence-electron chi connectivity index (χ2n) is 12.4. The van der Waals surface area contributed by atoms with Gasteiger partial charge in [-0.1, -0.05) is 48.5 Å². The summed E-state index contributed by atoms with van der Waals surface area (Å²) in [5.41, 5.74) is 2.38. The zero-order valence-corrected chi connectivity index (χ0v) is 22.8. The fourth-order valence-electron chi connectivity index (χ4n) is 6.88. The summed E-state index contributed by atoms with van der Waals surface area (Å²) in [4.78, 5) is 55.6. The Morgan fingerprint density at radius 1 is 1.07 bits per heavy atom. The second-order valence-corrected chi connectivity index (χ2v) is 12.4. The lowest BCUT2D eigenvalue weighted by Gasteiger charge is -2.40. The minimum absolute atomic E-state index is 0.0521. The predicted octanol–water partition coefficient (Wildman–Crippen LogP) is 4.19. The maximum atomic E-state index is 14.0. The van der Waals surface area contributed by atoms with Crippen LogP contribution in [0.2, 0.25) is 0 Å². The summed E-state index contributed by atoms with van der Waals surface area (Å²) in [6.45, 7) is 4.08. The van der Waals surface area contributed by atoms with Gasteiger partial charge in [0, 0.05) is 55.9 Å². The number of hydrogen-bond acceptors (Lipinski definition) is 5. The Hall–Kier alpha value is -3.68. The van der Waals surface area contributed by atoms with E-state index in [0.29, 0.717) is 31.1 Å². The molecule has 208 valence electrons. The molecule has 2 saturated heterocycles. The van der Waals surface area contributed by atoms with Crippen molar-refractivity contribution < 1.29 is 23.9 Å². The van der Waals surface area contributed by atoms with Crippen molar-refractivity contribution in [1.82, 2.24) is 15.1 Å². The van der Waals surface area contributed by atoms with Crippen molar-refractivity contribution in [3.63, 3.8) is 0 Å². The van der Waals surface area contributed by atoms with Gasteiger partial charge in [0.15, 0.2) is 0 Å². The maximum absolute atomic E-state index is 14.0. The molecule has 2 saturated carbocycles. The number of alkyl carbamates (subject to hydrolysis) is 1. The van der Waals surface area contributed by atoms with Crippen molar-refractivity contribution in [2.24, 2.45) is 11.8 Å². The minimum Gasteiger partial charge on any atom is -0.427 e. The van der Waals surface area contributed by atoms with Gasteiger partial charge in [0.2, 0.25) is 17.4 Å². The normalized spacial score (nSPS) is 26.2. The summed E-state index contributed by atoms with van der Waals surface area (Å²) in [5, 5.41) is 2.32. The molecule has 3 aliphatic carbocycles. The van der Waals surface area contributed by atoms with Gasteiger partial charge in [0.05, 0.1) is 0 Å². The topological polar surface area (TPSA) is 96.0 Å². The van der Waals surface area contributed by atoms with Crippen LogP contribution in [0.15, 0.2) is 48.5 Å². The highest BCUT2D eigenvalue weighted by Crippen LogP contribution is 2.51. The number of rotatable bonds is 8. The maximum Gasteiger partial charge on any atom is 0.415 e. The standard InChI is InChI=1S/C32H35N3O5/c1-19(21-7-8-21)35(16-20-5-3-2-4-6-20)28(36)14-24-15-32(30(38)33-31(39)40-32)27-12-11-23(13-26(24)27)25-17-34(18-25)29(37)22-9-10-22/h2-6,11-13,19,21-22,24-25H,7-10,14-18H2,1H3,(H,33,38,39)/t19-,24?,32+/m0/s1. The molecular formula is C32H35N3O5. The van der Waals surface area contributed by atoms with Gasteiger partial charge in [-0.05, 0) is 61.1 Å². The van der Waals surface area contributed by atoms with Crippen LogP contribution in [0.5, 0.6) is 0 Å². The van der Waals surface area contributed by atoms with Crippen molar-refractivity contribution in [1.29, 1.82) is 0 Å². The predicted molar refractivity (Wildman–Crippen MR) is 146 cm³/mol. The number of ether oxygens (including phenoxy) is 1. The number of imide groups is 1. The quantitative estimate of drug-likeness (QED) is 0.541.